The molecule has 0 aromatic carbocycles. The van der Waals surface area contributed by atoms with Crippen molar-refractivity contribution in [2.24, 2.45) is 0 Å². The van der Waals surface area contributed by atoms with Gasteiger partial charge in [-0.25, -0.2) is 9.88 Å². The summed E-state index contributed by atoms with van der Waals surface area (Å²) >= 11 is 0. The molecule has 3 heterocycles. The van der Waals surface area contributed by atoms with E-state index in [0.29, 0.717) is 4.90 Å². The first-order valence-electron chi connectivity index (χ1n) is 10.6. The smallest absolute Gasteiger partial charge is 0.463 e. The van der Waals surface area contributed by atoms with Crippen molar-refractivity contribution in [1.82, 2.24) is 19.5 Å². The minimum atomic E-state index is -1.34. The van der Waals surface area contributed by atoms with E-state index in [4.69, 9.17) is 18.9 Å². The molecule has 2 aromatic heterocycles. The minimum Gasteiger partial charge on any atom is -0.463 e. The highest BCUT2D eigenvalue weighted by Crippen LogP contribution is 2.37. The van der Waals surface area contributed by atoms with Gasteiger partial charge in [-0.3, -0.25) is 28.5 Å². The number of ether oxygens (including phenoxy) is 4. The molecule has 198 valence electrons. The lowest BCUT2D eigenvalue weighted by Gasteiger charge is -2.23. The molecule has 1 saturated heterocycles. The Morgan fingerprint density at radius 1 is 1.00 bits per heavy atom. The summed E-state index contributed by atoms with van der Waals surface area (Å²) in [5, 5.41) is 11.6. The topological polar surface area (TPSA) is 212 Å². The van der Waals surface area contributed by atoms with Crippen molar-refractivity contribution in [3.05, 3.63) is 16.4 Å². The Bertz CT molecular complexity index is 1280. The van der Waals surface area contributed by atoms with Crippen LogP contribution in [0.2, 0.25) is 0 Å². The van der Waals surface area contributed by atoms with Crippen molar-refractivity contribution in [1.29, 1.82) is 0 Å². The van der Waals surface area contributed by atoms with Crippen LogP contribution in [0.3, 0.4) is 0 Å². The number of hydrogen-bond donors (Lipinski definition) is 0. The van der Waals surface area contributed by atoms with Crippen LogP contribution < -0.4 is 4.90 Å². The Morgan fingerprint density at radius 2 is 1.59 bits per heavy atom. The van der Waals surface area contributed by atoms with Crippen LogP contribution in [0.15, 0.2) is 6.33 Å². The highest BCUT2D eigenvalue weighted by atomic mass is 16.7. The van der Waals surface area contributed by atoms with Crippen molar-refractivity contribution in [2.45, 2.75) is 59.2 Å². The molecule has 17 heteroatoms. The van der Waals surface area contributed by atoms with Crippen LogP contribution in [0.1, 0.15) is 40.8 Å². The van der Waals surface area contributed by atoms with Gasteiger partial charge in [0.25, 0.3) is 5.82 Å². The van der Waals surface area contributed by atoms with E-state index in [-0.39, 0.29) is 11.2 Å². The van der Waals surface area contributed by atoms with Gasteiger partial charge in [0.2, 0.25) is 17.5 Å². The van der Waals surface area contributed by atoms with Crippen LogP contribution in [-0.2, 0) is 42.9 Å². The third-order valence-corrected chi connectivity index (χ3v) is 5.01. The molecule has 2 aromatic rings. The van der Waals surface area contributed by atoms with Crippen LogP contribution in [-0.4, -0.2) is 79.1 Å². The molecule has 1 unspecified atom stereocenters. The van der Waals surface area contributed by atoms with Gasteiger partial charge in [0.1, 0.15) is 19.0 Å². The van der Waals surface area contributed by atoms with Gasteiger partial charge < -0.3 is 29.1 Å². The van der Waals surface area contributed by atoms with Gasteiger partial charge in [0.15, 0.2) is 24.0 Å². The van der Waals surface area contributed by atoms with Crippen molar-refractivity contribution < 1.29 is 47.8 Å². The lowest BCUT2D eigenvalue weighted by atomic mass is 10.1. The summed E-state index contributed by atoms with van der Waals surface area (Å²) in [7, 11) is 0. The zero-order valence-electron chi connectivity index (χ0n) is 20.3. The Morgan fingerprint density at radius 3 is 2.11 bits per heavy atom. The number of aromatic nitrogens is 4. The normalized spacial score (nSPS) is 20.8. The molecule has 1 aliphatic heterocycles. The van der Waals surface area contributed by atoms with Crippen molar-refractivity contribution in [2.75, 3.05) is 11.5 Å². The first-order chi connectivity index (χ1) is 17.3. The molecule has 0 N–H and O–H groups in total. The standard InChI is InChI=1S/C20H22N6O11/c1-8(27)25(9(2)28)18-14-17(22-20(23-18)26(32)33)24(7-21-14)19-16(36-12(5)31)15(35-11(4)30)13(37-19)6-34-10(3)29/h7,13,15-16,19H,6H2,1-5H3/t13-,15+,16?,19-/m1/s1. The fourth-order valence-electron chi connectivity index (χ4n) is 3.75. The quantitative estimate of drug-likeness (QED) is 0.202. The van der Waals surface area contributed by atoms with Gasteiger partial charge in [-0.1, -0.05) is 0 Å². The van der Waals surface area contributed by atoms with E-state index in [1.54, 1.807) is 0 Å². The average molecular weight is 522 g/mol. The maximum atomic E-state index is 12.1. The predicted octanol–water partition coefficient (Wildman–Crippen LogP) is -0.0422. The SMILES string of the molecule is CC(=O)OC[C@H]1O[C@@H](n2cnc3c(N(C(C)=O)C(C)=O)nc([N+](=O)[O-])nc32)C(OC(C)=O)[C@H]1OC(C)=O. The number of carbonyl (C=O) groups excluding carboxylic acids is 5. The number of carbonyl (C=O) groups is 5. The van der Waals surface area contributed by atoms with Crippen molar-refractivity contribution in [3.63, 3.8) is 0 Å². The minimum absolute atomic E-state index is 0.186. The van der Waals surface area contributed by atoms with E-state index in [1.165, 1.54) is 0 Å². The fraction of sp³-hybridized carbons (Fsp3) is 0.500. The molecule has 0 saturated carbocycles. The number of nitro groups is 1. The first kappa shape index (κ1) is 27.1. The van der Waals surface area contributed by atoms with E-state index < -0.39 is 77.6 Å². The van der Waals surface area contributed by atoms with Crippen LogP contribution >= 0.6 is 0 Å². The molecule has 0 aliphatic carbocycles. The molecule has 4 atom stereocenters. The van der Waals surface area contributed by atoms with E-state index in [1.807, 2.05) is 0 Å². The van der Waals surface area contributed by atoms with Crippen LogP contribution in [0, 0.1) is 10.1 Å². The summed E-state index contributed by atoms with van der Waals surface area (Å²) < 4.78 is 22.7. The molecule has 0 spiro atoms. The average Bonchev–Trinajstić information content (AvgIpc) is 3.32. The number of hydrogen-bond acceptors (Lipinski definition) is 14. The van der Waals surface area contributed by atoms with E-state index in [0.717, 1.165) is 45.5 Å². The highest BCUT2D eigenvalue weighted by Gasteiger charge is 2.51. The van der Waals surface area contributed by atoms with E-state index in [2.05, 4.69) is 15.0 Å². The molecule has 17 nitrogen and oxygen atoms in total. The second-order valence-electron chi connectivity index (χ2n) is 7.82. The van der Waals surface area contributed by atoms with Crippen molar-refractivity contribution in [3.8, 4) is 0 Å². The van der Waals surface area contributed by atoms with E-state index >= 15 is 0 Å². The molecule has 0 radical (unpaired) electrons. The van der Waals surface area contributed by atoms with Crippen LogP contribution in [0.4, 0.5) is 11.8 Å². The van der Waals surface area contributed by atoms with Gasteiger partial charge >= 0.3 is 23.9 Å². The monoisotopic (exact) mass is 522 g/mol. The number of rotatable bonds is 7. The number of fused-ring (bicyclic) bond motifs is 1. The Balaban J connectivity index is 2.21. The van der Waals surface area contributed by atoms with Gasteiger partial charge in [-0.05, 0) is 14.9 Å². The molecule has 1 fully saturated rings. The number of imidazole rings is 1. The number of amides is 2. The fourth-order valence-corrected chi connectivity index (χ4v) is 3.75. The highest BCUT2D eigenvalue weighted by molar-refractivity contribution is 6.15. The Hall–Kier alpha value is -4.54. The first-order valence-corrected chi connectivity index (χ1v) is 10.6. The summed E-state index contributed by atoms with van der Waals surface area (Å²) in [6.45, 7) is 5.06. The molecule has 2 amide bonds. The molecule has 3 rings (SSSR count). The lowest BCUT2D eigenvalue weighted by Crippen LogP contribution is -2.40. The zero-order chi connectivity index (χ0) is 27.6. The molecule has 1 aliphatic rings. The van der Waals surface area contributed by atoms with Gasteiger partial charge in [0, 0.05) is 34.6 Å². The maximum Gasteiger partial charge on any atom is 0.473 e. The predicted molar refractivity (Wildman–Crippen MR) is 117 cm³/mol. The molecular weight excluding hydrogens is 500 g/mol. The molecule has 37 heavy (non-hydrogen) atoms. The zero-order valence-corrected chi connectivity index (χ0v) is 20.3. The third-order valence-electron chi connectivity index (χ3n) is 5.01. The van der Waals surface area contributed by atoms with Gasteiger partial charge in [-0.15, -0.1) is 0 Å². The Labute approximate surface area is 207 Å². The second kappa shape index (κ2) is 10.6. The molecular formula is C20H22N6O11. The third kappa shape index (κ3) is 5.66. The van der Waals surface area contributed by atoms with Gasteiger partial charge in [0.05, 0.1) is 0 Å². The summed E-state index contributed by atoms with van der Waals surface area (Å²) in [6.07, 6.45) is -3.96. The summed E-state index contributed by atoms with van der Waals surface area (Å²) in [4.78, 5) is 82.2. The largest absolute Gasteiger partial charge is 0.473 e. The number of imide groups is 1. The summed E-state index contributed by atoms with van der Waals surface area (Å²) in [5.41, 5.74) is -0.449. The number of esters is 3. The summed E-state index contributed by atoms with van der Waals surface area (Å²) in [5.74, 6) is -5.20. The second-order valence-corrected chi connectivity index (χ2v) is 7.82. The van der Waals surface area contributed by atoms with Crippen LogP contribution in [0.5, 0.6) is 0 Å². The lowest BCUT2D eigenvalue weighted by molar-refractivity contribution is -0.394. The summed E-state index contributed by atoms with van der Waals surface area (Å²) in [6, 6.07) is 0. The van der Waals surface area contributed by atoms with Gasteiger partial charge in [-0.2, -0.15) is 0 Å². The maximum absolute atomic E-state index is 12.1. The number of anilines is 1. The van der Waals surface area contributed by atoms with Crippen molar-refractivity contribution >= 4 is 52.7 Å². The Kier molecular flexibility index (Phi) is 7.76. The number of nitrogens with zero attached hydrogens (tertiary/aromatic N) is 6. The van der Waals surface area contributed by atoms with E-state index in [9.17, 15) is 34.1 Å². The van der Waals surface area contributed by atoms with Crippen LogP contribution in [0.25, 0.3) is 11.2 Å². The molecule has 0 bridgehead atoms.